The van der Waals surface area contributed by atoms with Crippen LogP contribution in [0.5, 0.6) is 5.75 Å². The van der Waals surface area contributed by atoms with E-state index in [0.29, 0.717) is 17.2 Å². The van der Waals surface area contributed by atoms with Crippen LogP contribution in [0.4, 0.5) is 5.69 Å². The van der Waals surface area contributed by atoms with Crippen LogP contribution in [0.25, 0.3) is 0 Å². The van der Waals surface area contributed by atoms with Crippen molar-refractivity contribution in [3.05, 3.63) is 94.5 Å². The third-order valence-electron chi connectivity index (χ3n) is 4.82. The molecule has 0 radical (unpaired) electrons. The Bertz CT molecular complexity index is 968. The summed E-state index contributed by atoms with van der Waals surface area (Å²) >= 11 is 5.90. The summed E-state index contributed by atoms with van der Waals surface area (Å²) < 4.78 is 5.80. The van der Waals surface area contributed by atoms with Crippen LogP contribution in [0, 0.1) is 0 Å². The second kappa shape index (κ2) is 7.45. The van der Waals surface area contributed by atoms with Crippen LogP contribution in [0.3, 0.4) is 0 Å². The first kappa shape index (κ1) is 17.6. The molecule has 0 N–H and O–H groups in total. The number of rotatable bonds is 4. The number of fused-ring (bicyclic) bond motifs is 1. The van der Waals surface area contributed by atoms with Gasteiger partial charge in [0.2, 0.25) is 0 Å². The molecular weight excluding hydrogens is 358 g/mol. The summed E-state index contributed by atoms with van der Waals surface area (Å²) in [5, 5.41) is 0.676. The normalized spacial score (nSPS) is 15.5. The Morgan fingerprint density at radius 1 is 1.07 bits per heavy atom. The molecule has 136 valence electrons. The molecule has 0 fully saturated rings. The van der Waals surface area contributed by atoms with Gasteiger partial charge in [-0.25, -0.2) is 0 Å². The number of hydrogen-bond acceptors (Lipinski definition) is 2. The van der Waals surface area contributed by atoms with Gasteiger partial charge in [-0.2, -0.15) is 0 Å². The van der Waals surface area contributed by atoms with E-state index < -0.39 is 0 Å². The highest BCUT2D eigenvalue weighted by Crippen LogP contribution is 2.33. The molecule has 3 aromatic rings. The number of benzene rings is 3. The summed E-state index contributed by atoms with van der Waals surface area (Å²) in [5.41, 5.74) is 3.87. The number of anilines is 1. The average molecular weight is 378 g/mol. The highest BCUT2D eigenvalue weighted by atomic mass is 35.5. The summed E-state index contributed by atoms with van der Waals surface area (Å²) in [6, 6.07) is 23.2. The first-order valence-corrected chi connectivity index (χ1v) is 9.38. The van der Waals surface area contributed by atoms with E-state index in [1.54, 1.807) is 12.1 Å². The minimum atomic E-state index is 0.0285. The summed E-state index contributed by atoms with van der Waals surface area (Å²) in [6.07, 6.45) is 0.890. The molecule has 1 aliphatic rings. The number of ether oxygens (including phenoxy) is 1. The maximum Gasteiger partial charge on any atom is 0.258 e. The zero-order valence-corrected chi connectivity index (χ0v) is 15.8. The number of hydrogen-bond donors (Lipinski definition) is 0. The monoisotopic (exact) mass is 377 g/mol. The number of halogens is 1. The van der Waals surface area contributed by atoms with Gasteiger partial charge >= 0.3 is 0 Å². The van der Waals surface area contributed by atoms with Crippen molar-refractivity contribution in [2.24, 2.45) is 0 Å². The molecule has 1 atom stereocenters. The van der Waals surface area contributed by atoms with E-state index in [4.69, 9.17) is 16.3 Å². The Morgan fingerprint density at radius 3 is 2.67 bits per heavy atom. The lowest BCUT2D eigenvalue weighted by atomic mass is 10.1. The lowest BCUT2D eigenvalue weighted by molar-refractivity contribution is 0.0981. The van der Waals surface area contributed by atoms with E-state index in [1.807, 2.05) is 59.5 Å². The largest absolute Gasteiger partial charge is 0.489 e. The Balaban J connectivity index is 1.52. The Kier molecular flexibility index (Phi) is 4.87. The summed E-state index contributed by atoms with van der Waals surface area (Å²) in [6.45, 7) is 2.49. The fraction of sp³-hybridized carbons (Fsp3) is 0.174. The van der Waals surface area contributed by atoms with Gasteiger partial charge < -0.3 is 9.64 Å². The second-order valence-corrected chi connectivity index (χ2v) is 7.24. The predicted molar refractivity (Wildman–Crippen MR) is 109 cm³/mol. The molecule has 0 bridgehead atoms. The van der Waals surface area contributed by atoms with Gasteiger partial charge in [-0.15, -0.1) is 0 Å². The maximum atomic E-state index is 13.2. The van der Waals surface area contributed by atoms with Crippen molar-refractivity contribution in [2.45, 2.75) is 26.0 Å². The van der Waals surface area contributed by atoms with Gasteiger partial charge in [0.25, 0.3) is 5.91 Å². The highest BCUT2D eigenvalue weighted by molar-refractivity contribution is 6.30. The van der Waals surface area contributed by atoms with E-state index in [-0.39, 0.29) is 11.9 Å². The Morgan fingerprint density at radius 2 is 1.85 bits per heavy atom. The third-order valence-corrected chi connectivity index (χ3v) is 5.07. The number of nitrogens with zero attached hydrogens (tertiary/aromatic N) is 1. The van der Waals surface area contributed by atoms with Gasteiger partial charge in [-0.3, -0.25) is 4.79 Å². The van der Waals surface area contributed by atoms with Gasteiger partial charge in [-0.05, 0) is 66.9 Å². The lowest BCUT2D eigenvalue weighted by Crippen LogP contribution is -2.35. The van der Waals surface area contributed by atoms with Crippen LogP contribution in [0.1, 0.15) is 28.4 Å². The van der Waals surface area contributed by atoms with Crippen molar-refractivity contribution in [3.8, 4) is 5.75 Å². The van der Waals surface area contributed by atoms with Crippen LogP contribution in [0.15, 0.2) is 72.8 Å². The topological polar surface area (TPSA) is 29.5 Å². The minimum Gasteiger partial charge on any atom is -0.489 e. The van der Waals surface area contributed by atoms with E-state index in [2.05, 4.69) is 13.0 Å². The standard InChI is InChI=1S/C23H20ClNO2/c1-16-13-18-6-2-3-8-22(18)25(16)23(26)19-7-4-5-17(14-19)15-27-21-11-9-20(24)10-12-21/h2-12,14,16H,13,15H2,1H3/t16-/m0/s1. The van der Waals surface area contributed by atoms with Gasteiger partial charge in [0.05, 0.1) is 0 Å². The molecule has 4 rings (SSSR count). The van der Waals surface area contributed by atoms with E-state index in [0.717, 1.165) is 23.4 Å². The number of carbonyl (C=O) groups is 1. The number of para-hydroxylation sites is 1. The Labute approximate surface area is 164 Å². The van der Waals surface area contributed by atoms with Crippen molar-refractivity contribution in [3.63, 3.8) is 0 Å². The van der Waals surface area contributed by atoms with Crippen LogP contribution in [-0.4, -0.2) is 11.9 Å². The summed E-state index contributed by atoms with van der Waals surface area (Å²) in [7, 11) is 0. The molecule has 0 spiro atoms. The smallest absolute Gasteiger partial charge is 0.258 e. The van der Waals surface area contributed by atoms with Gasteiger partial charge in [-0.1, -0.05) is 41.9 Å². The van der Waals surface area contributed by atoms with Crippen LogP contribution >= 0.6 is 11.6 Å². The molecule has 0 saturated heterocycles. The van der Waals surface area contributed by atoms with E-state index >= 15 is 0 Å². The fourth-order valence-electron chi connectivity index (χ4n) is 3.51. The number of amides is 1. The molecule has 0 saturated carbocycles. The molecule has 3 nitrogen and oxygen atoms in total. The molecule has 27 heavy (non-hydrogen) atoms. The molecule has 1 amide bonds. The van der Waals surface area contributed by atoms with Crippen molar-refractivity contribution >= 4 is 23.2 Å². The third kappa shape index (κ3) is 3.69. The van der Waals surface area contributed by atoms with Crippen LogP contribution < -0.4 is 9.64 Å². The molecule has 1 aliphatic heterocycles. The van der Waals surface area contributed by atoms with E-state index in [9.17, 15) is 4.79 Å². The van der Waals surface area contributed by atoms with E-state index in [1.165, 1.54) is 5.56 Å². The average Bonchev–Trinajstić information content (AvgIpc) is 3.03. The van der Waals surface area contributed by atoms with Crippen LogP contribution in [0.2, 0.25) is 5.02 Å². The fourth-order valence-corrected chi connectivity index (χ4v) is 3.63. The number of carbonyl (C=O) groups excluding carboxylic acids is 1. The molecule has 4 heteroatoms. The zero-order valence-electron chi connectivity index (χ0n) is 15.1. The maximum absolute atomic E-state index is 13.2. The van der Waals surface area contributed by atoms with Crippen molar-refractivity contribution in [2.75, 3.05) is 4.90 Å². The first-order chi connectivity index (χ1) is 13.1. The van der Waals surface area contributed by atoms with Crippen molar-refractivity contribution in [1.82, 2.24) is 0 Å². The first-order valence-electron chi connectivity index (χ1n) is 9.00. The van der Waals surface area contributed by atoms with Gasteiger partial charge in [0.1, 0.15) is 12.4 Å². The molecule has 0 aliphatic carbocycles. The summed E-state index contributed by atoms with van der Waals surface area (Å²) in [4.78, 5) is 15.1. The molecular formula is C23H20ClNO2. The van der Waals surface area contributed by atoms with Gasteiger partial charge in [0.15, 0.2) is 0 Å². The molecule has 3 aromatic carbocycles. The van der Waals surface area contributed by atoms with Crippen LogP contribution in [-0.2, 0) is 13.0 Å². The zero-order chi connectivity index (χ0) is 18.8. The second-order valence-electron chi connectivity index (χ2n) is 6.80. The lowest BCUT2D eigenvalue weighted by Gasteiger charge is -2.23. The molecule has 0 unspecified atom stereocenters. The van der Waals surface area contributed by atoms with Crippen molar-refractivity contribution < 1.29 is 9.53 Å². The molecule has 0 aromatic heterocycles. The minimum absolute atomic E-state index is 0.0285. The summed E-state index contributed by atoms with van der Waals surface area (Å²) in [5.74, 6) is 0.777. The quantitative estimate of drug-likeness (QED) is 0.600. The van der Waals surface area contributed by atoms with Crippen molar-refractivity contribution in [1.29, 1.82) is 0 Å². The molecule has 1 heterocycles. The Hall–Kier alpha value is -2.78. The SMILES string of the molecule is C[C@H]1Cc2ccccc2N1C(=O)c1cccc(COc2ccc(Cl)cc2)c1. The highest BCUT2D eigenvalue weighted by Gasteiger charge is 2.31. The predicted octanol–water partition coefficient (Wildman–Crippen LogP) is 5.51. The van der Waals surface area contributed by atoms with Gasteiger partial charge in [0, 0.05) is 22.3 Å².